The van der Waals surface area contributed by atoms with Crippen molar-refractivity contribution in [2.45, 2.75) is 165 Å². The number of aliphatic hydroxyl groups excluding tert-OH is 1. The lowest BCUT2D eigenvalue weighted by Crippen LogP contribution is -2.58. The van der Waals surface area contributed by atoms with Gasteiger partial charge >= 0.3 is 5.97 Å². The molecule has 4 unspecified atom stereocenters. The van der Waals surface area contributed by atoms with E-state index in [1.165, 1.54) is 24.8 Å². The summed E-state index contributed by atoms with van der Waals surface area (Å²) < 4.78 is 11.2. The predicted molar refractivity (Wildman–Crippen MR) is 353 cm³/mol. The molecule has 6 rings (SSSR count). The summed E-state index contributed by atoms with van der Waals surface area (Å²) in [5.41, 5.74) is 8.00. The van der Waals surface area contributed by atoms with Gasteiger partial charge in [-0.1, -0.05) is 25.0 Å². The molecular weight excluding hydrogens is 1280 g/mol. The van der Waals surface area contributed by atoms with Crippen LogP contribution in [0, 0.1) is 0 Å². The number of nitrogens with two attached hydrogens (primary N) is 1. The number of benzene rings is 1. The number of primary amides is 1. The van der Waals surface area contributed by atoms with Crippen molar-refractivity contribution >= 4 is 65.0 Å². The molecule has 0 bridgehead atoms. The Morgan fingerprint density at radius 1 is 0.571 bits per heavy atom. The first kappa shape index (κ1) is 78.3. The van der Waals surface area contributed by atoms with Crippen molar-refractivity contribution in [3.8, 4) is 5.75 Å². The molecule has 542 valence electrons. The molecule has 1 aromatic carbocycles. The van der Waals surface area contributed by atoms with E-state index >= 15 is 0 Å². The average molecular weight is 1380 g/mol. The summed E-state index contributed by atoms with van der Waals surface area (Å²) >= 11 is 0. The van der Waals surface area contributed by atoms with E-state index in [4.69, 9.17) is 15.2 Å². The number of unbranched alkanes of at least 4 members (excludes halogenated alkanes) is 4. The number of aliphatic hydroxyl groups is 1. The molecule has 8 atom stereocenters. The van der Waals surface area contributed by atoms with Gasteiger partial charge in [-0.15, -0.1) is 0 Å². The van der Waals surface area contributed by atoms with Gasteiger partial charge in [0.05, 0.1) is 44.4 Å². The van der Waals surface area contributed by atoms with Crippen LogP contribution in [0.1, 0.15) is 114 Å². The number of nitrogens with one attached hydrogen (secondary N) is 12. The van der Waals surface area contributed by atoms with Gasteiger partial charge in [0.2, 0.25) is 59.1 Å². The number of carboxylic acids is 1. The smallest absolute Gasteiger partial charge is 0.317 e. The molecule has 10 amide bonds. The van der Waals surface area contributed by atoms with Crippen LogP contribution in [0.3, 0.4) is 0 Å². The van der Waals surface area contributed by atoms with E-state index in [9.17, 15) is 68.1 Å². The number of H-pyrrole nitrogens is 2. The number of phenols is 1. The summed E-state index contributed by atoms with van der Waals surface area (Å²) in [7, 11) is 0. The van der Waals surface area contributed by atoms with E-state index in [1.807, 2.05) is 4.90 Å². The zero-order valence-corrected chi connectivity index (χ0v) is 55.8. The molecule has 34 nitrogen and oxygen atoms in total. The minimum Gasteiger partial charge on any atom is -0.508 e. The first-order valence-electron chi connectivity index (χ1n) is 33.8. The Hall–Kier alpha value is -8.67. The van der Waals surface area contributed by atoms with Crippen LogP contribution in [0.25, 0.3) is 0 Å². The fraction of sp³-hybridized carbons (Fsp3) is 0.641. The molecule has 0 saturated carbocycles. The molecule has 3 aliphatic rings. The number of aromatic hydroxyl groups is 1. The number of imidazole rings is 2. The highest BCUT2D eigenvalue weighted by Gasteiger charge is 2.41. The quantitative estimate of drug-likeness (QED) is 0.0192. The maximum absolute atomic E-state index is 14.5. The van der Waals surface area contributed by atoms with E-state index in [1.54, 1.807) is 31.5 Å². The Morgan fingerprint density at radius 3 is 1.58 bits per heavy atom. The zero-order valence-electron chi connectivity index (χ0n) is 55.8. The van der Waals surface area contributed by atoms with Crippen molar-refractivity contribution in [3.05, 3.63) is 66.3 Å². The summed E-state index contributed by atoms with van der Waals surface area (Å²) in [4.78, 5) is 162. The Balaban J connectivity index is 0.974. The highest BCUT2D eigenvalue weighted by molar-refractivity contribution is 5.95. The number of hydrogen-bond donors (Lipinski definition) is 16. The topological polar surface area (TPSA) is 487 Å². The van der Waals surface area contributed by atoms with Gasteiger partial charge in [0.25, 0.3) is 0 Å². The van der Waals surface area contributed by atoms with Gasteiger partial charge in [0.15, 0.2) is 6.29 Å². The SMILES string of the molecule is C[C@@H](NC1OC1CCCCCN1CCN(CC(=O)O)CCN(CC2OC2O)CC1)C(=O)N[C@H](CCCCNC(=O)CNC(=O)CCC(=O)NCCc1cnc[nH]1)C(=O)N[C@H](Cc1ccc(O)cc1)C(=O)N[C@H](CCCCNC(=O)CNC(=O)CCC(=O)NCCc1cnc[nH]1)C(N)=O. The van der Waals surface area contributed by atoms with Crippen LogP contribution >= 0.6 is 0 Å². The van der Waals surface area contributed by atoms with Crippen LogP contribution in [0.5, 0.6) is 5.75 Å². The molecule has 0 aliphatic carbocycles. The molecule has 3 aromatic rings. The molecule has 98 heavy (non-hydrogen) atoms. The Morgan fingerprint density at radius 2 is 1.06 bits per heavy atom. The molecule has 3 aliphatic heterocycles. The molecule has 3 fully saturated rings. The number of phenolic OH excluding ortho intramolecular Hbond substituents is 1. The minimum absolute atomic E-state index is 0.0344. The fourth-order valence-electron chi connectivity index (χ4n) is 10.8. The van der Waals surface area contributed by atoms with Crippen LogP contribution in [-0.4, -0.2) is 262 Å². The zero-order chi connectivity index (χ0) is 70.6. The van der Waals surface area contributed by atoms with Crippen LogP contribution in [0.2, 0.25) is 0 Å². The molecule has 5 heterocycles. The Labute approximate surface area is 569 Å². The number of carboxylic acid groups (broad SMARTS) is 1. The summed E-state index contributed by atoms with van der Waals surface area (Å²) in [5, 5.41) is 56.5. The second kappa shape index (κ2) is 42.9. The van der Waals surface area contributed by atoms with Crippen LogP contribution < -0.4 is 58.9 Å². The number of aliphatic carboxylic acids is 1. The monoisotopic (exact) mass is 1380 g/mol. The number of aromatic nitrogens is 4. The van der Waals surface area contributed by atoms with Gasteiger partial charge in [0, 0.05) is 141 Å². The van der Waals surface area contributed by atoms with Gasteiger partial charge in [-0.2, -0.15) is 0 Å². The second-order valence-corrected chi connectivity index (χ2v) is 24.8. The third-order valence-electron chi connectivity index (χ3n) is 16.8. The number of rotatable bonds is 47. The number of carbonyl (C=O) groups is 11. The summed E-state index contributed by atoms with van der Waals surface area (Å²) in [6.45, 7) is 7.46. The molecule has 0 spiro atoms. The number of nitrogens with zero attached hydrogens (tertiary/aromatic N) is 5. The van der Waals surface area contributed by atoms with Crippen molar-refractivity contribution in [2.75, 3.05) is 98.2 Å². The van der Waals surface area contributed by atoms with Crippen molar-refractivity contribution in [1.82, 2.24) is 87.8 Å². The Kier molecular flexibility index (Phi) is 34.3. The molecular formula is C64H100N18O16. The number of amides is 10. The van der Waals surface area contributed by atoms with Gasteiger partial charge in [-0.25, -0.2) is 9.97 Å². The van der Waals surface area contributed by atoms with Crippen LogP contribution in [0.4, 0.5) is 0 Å². The normalized spacial score (nSPS) is 18.3. The van der Waals surface area contributed by atoms with E-state index in [-0.39, 0.29) is 114 Å². The summed E-state index contributed by atoms with van der Waals surface area (Å²) in [6.07, 6.45) is 10.0. The van der Waals surface area contributed by atoms with Gasteiger partial charge < -0.3 is 93.2 Å². The average Bonchev–Trinajstić information content (AvgIpc) is 1.72. The number of ether oxygens (including phenoxy) is 2. The fourth-order valence-corrected chi connectivity index (χ4v) is 10.8. The van der Waals surface area contributed by atoms with E-state index in [0.717, 1.165) is 63.3 Å². The lowest BCUT2D eigenvalue weighted by molar-refractivity contribution is -0.138. The first-order chi connectivity index (χ1) is 47.2. The second-order valence-electron chi connectivity index (χ2n) is 24.8. The molecule has 17 N–H and O–H groups in total. The molecule has 2 aromatic heterocycles. The summed E-state index contributed by atoms with van der Waals surface area (Å²) in [5.74, 6) is -6.49. The van der Waals surface area contributed by atoms with Crippen LogP contribution in [0.15, 0.2) is 49.3 Å². The molecule has 34 heteroatoms. The van der Waals surface area contributed by atoms with Gasteiger partial charge in [-0.05, 0) is 82.5 Å². The predicted octanol–water partition coefficient (Wildman–Crippen LogP) is -3.61. The third kappa shape index (κ3) is 32.1. The standard InChI is InChI=1S/C64H100N18O16/c1-42(76-63-50(97-63)11-3-2-8-26-80-27-29-81(38-51-64(96)98-51)31-32-82(30-28-80)39-58(90)91)60(93)78-48(10-5-7-23-69-57(89)37-73-55(87)19-17-53(85)71-25-21-45-35-67-41-75-45)61(94)79-49(33-43-12-14-46(83)15-13-43)62(95)77-47(59(65)92)9-4-6-22-68-56(88)36-72-54(86)18-16-52(84)70-24-20-44-34-66-40-74-44/h12-15,34-35,40-42,47-51,63-64,76,83,96H,2-11,16-33,36-39H2,1H3,(H2,65,92)(H,66,74)(H,67,75)(H,68,88)(H,69,89)(H,70,84)(H,71,85)(H,72,86)(H,73,87)(H,77,95)(H,78,93)(H,79,94)(H,90,91)/t42-,47-,48-,49-,50?,51?,63?,64?/m1/s1. The number of epoxide rings is 2. The van der Waals surface area contributed by atoms with E-state index < -0.39 is 89.9 Å². The Bertz CT molecular complexity index is 3000. The number of carbonyl (C=O) groups excluding carboxylic acids is 10. The minimum atomic E-state index is -1.35. The highest BCUT2D eigenvalue weighted by Crippen LogP contribution is 2.26. The van der Waals surface area contributed by atoms with Crippen molar-refractivity contribution in [2.24, 2.45) is 5.73 Å². The maximum atomic E-state index is 14.5. The molecule has 3 saturated heterocycles. The lowest BCUT2D eigenvalue weighted by atomic mass is 10.0. The number of aromatic amines is 2. The maximum Gasteiger partial charge on any atom is 0.317 e. The summed E-state index contributed by atoms with van der Waals surface area (Å²) in [6, 6.07) is 1.25. The van der Waals surface area contributed by atoms with Crippen molar-refractivity contribution < 1.29 is 77.5 Å². The lowest BCUT2D eigenvalue weighted by Gasteiger charge is -2.26. The van der Waals surface area contributed by atoms with Gasteiger partial charge in [0.1, 0.15) is 36.2 Å². The van der Waals surface area contributed by atoms with E-state index in [0.29, 0.717) is 76.9 Å². The van der Waals surface area contributed by atoms with E-state index in [2.05, 4.69) is 82.9 Å². The number of hydrogen-bond acceptors (Lipinski definition) is 21. The highest BCUT2D eigenvalue weighted by atomic mass is 16.7. The largest absolute Gasteiger partial charge is 0.508 e. The van der Waals surface area contributed by atoms with Crippen molar-refractivity contribution in [1.29, 1.82) is 0 Å². The first-order valence-corrected chi connectivity index (χ1v) is 33.8. The van der Waals surface area contributed by atoms with Crippen LogP contribution in [-0.2, 0) is 81.5 Å². The van der Waals surface area contributed by atoms with Gasteiger partial charge in [-0.3, -0.25) is 67.9 Å². The van der Waals surface area contributed by atoms with Crippen molar-refractivity contribution in [3.63, 3.8) is 0 Å². The third-order valence-corrected chi connectivity index (χ3v) is 16.8. The molecule has 0 radical (unpaired) electrons.